The first-order chi connectivity index (χ1) is 14.6. The quantitative estimate of drug-likeness (QED) is 0.448. The molecule has 168 valence electrons. The van der Waals surface area contributed by atoms with Gasteiger partial charge in [-0.15, -0.1) is 0 Å². The first-order valence-corrected chi connectivity index (χ1v) is 11.6. The van der Waals surface area contributed by atoms with Crippen molar-refractivity contribution in [2.45, 2.75) is 52.0 Å². The van der Waals surface area contributed by atoms with E-state index < -0.39 is 0 Å². The van der Waals surface area contributed by atoms with E-state index >= 15 is 0 Å². The minimum Gasteiger partial charge on any atom is -0.385 e. The molecule has 2 aliphatic rings. The third-order valence-corrected chi connectivity index (χ3v) is 6.78. The second-order valence-corrected chi connectivity index (χ2v) is 8.98. The molecule has 0 bridgehead atoms. The summed E-state index contributed by atoms with van der Waals surface area (Å²) < 4.78 is 19.2. The van der Waals surface area contributed by atoms with E-state index in [1.165, 1.54) is 19.3 Å². The molecule has 1 heterocycles. The fraction of sp³-hybridized carbons (Fsp3) is 0.708. The molecule has 1 saturated heterocycles. The average Bonchev–Trinajstić information content (AvgIpc) is 2.73. The van der Waals surface area contributed by atoms with Crippen LogP contribution >= 0.6 is 0 Å². The first-order valence-electron chi connectivity index (χ1n) is 11.6. The maximum Gasteiger partial charge on any atom is 0.191 e. The van der Waals surface area contributed by atoms with E-state index in [2.05, 4.69) is 22.5 Å². The summed E-state index contributed by atoms with van der Waals surface area (Å²) in [6.07, 6.45) is 7.22. The van der Waals surface area contributed by atoms with Crippen LogP contribution in [0.2, 0.25) is 0 Å². The number of benzene rings is 1. The van der Waals surface area contributed by atoms with Crippen LogP contribution in [0.15, 0.2) is 29.3 Å². The fourth-order valence-electron chi connectivity index (χ4n) is 4.53. The Morgan fingerprint density at radius 1 is 1.23 bits per heavy atom. The van der Waals surface area contributed by atoms with Crippen LogP contribution in [0.5, 0.6) is 0 Å². The van der Waals surface area contributed by atoms with E-state index in [0.29, 0.717) is 17.9 Å². The molecule has 1 aromatic carbocycles. The molecule has 1 aliphatic heterocycles. The van der Waals surface area contributed by atoms with E-state index in [9.17, 15) is 4.39 Å². The summed E-state index contributed by atoms with van der Waals surface area (Å²) in [4.78, 5) is 7.28. The Morgan fingerprint density at radius 3 is 2.63 bits per heavy atom. The lowest BCUT2D eigenvalue weighted by Gasteiger charge is -2.41. The third kappa shape index (κ3) is 6.67. The topological polar surface area (TPSA) is 48.9 Å². The van der Waals surface area contributed by atoms with Crippen molar-refractivity contribution in [1.29, 1.82) is 0 Å². The number of hydrogen-bond donors (Lipinski definition) is 2. The minimum atomic E-state index is -0.0949. The molecular weight excluding hydrogens is 379 g/mol. The SMILES string of the molecule is CCNC(=NCC1(CCOC)CCC1)NCC1CCN(Cc2ccccc2F)CC1. The second kappa shape index (κ2) is 11.7. The highest BCUT2D eigenvalue weighted by atomic mass is 19.1. The van der Waals surface area contributed by atoms with Gasteiger partial charge >= 0.3 is 0 Å². The predicted molar refractivity (Wildman–Crippen MR) is 121 cm³/mol. The van der Waals surface area contributed by atoms with Gasteiger partial charge < -0.3 is 15.4 Å². The Hall–Kier alpha value is -1.66. The van der Waals surface area contributed by atoms with Crippen LogP contribution in [0.4, 0.5) is 4.39 Å². The van der Waals surface area contributed by atoms with Crippen molar-refractivity contribution in [2.24, 2.45) is 16.3 Å². The molecule has 0 amide bonds. The molecule has 1 aromatic rings. The minimum absolute atomic E-state index is 0.0949. The number of halogens is 1. The van der Waals surface area contributed by atoms with Gasteiger partial charge in [-0.25, -0.2) is 4.39 Å². The van der Waals surface area contributed by atoms with Crippen molar-refractivity contribution in [3.63, 3.8) is 0 Å². The summed E-state index contributed by atoms with van der Waals surface area (Å²) in [5, 5.41) is 6.97. The summed E-state index contributed by atoms with van der Waals surface area (Å²) in [6, 6.07) is 7.12. The molecule has 0 spiro atoms. The Labute approximate surface area is 181 Å². The highest BCUT2D eigenvalue weighted by molar-refractivity contribution is 5.79. The Balaban J connectivity index is 1.42. The number of hydrogen-bond acceptors (Lipinski definition) is 3. The number of nitrogens with zero attached hydrogens (tertiary/aromatic N) is 2. The molecule has 0 atom stereocenters. The van der Waals surface area contributed by atoms with Gasteiger partial charge in [0.1, 0.15) is 5.82 Å². The molecule has 2 fully saturated rings. The first kappa shape index (κ1) is 23.0. The van der Waals surface area contributed by atoms with Gasteiger partial charge in [0.25, 0.3) is 0 Å². The van der Waals surface area contributed by atoms with Crippen molar-refractivity contribution in [3.8, 4) is 0 Å². The van der Waals surface area contributed by atoms with Crippen LogP contribution in [0.3, 0.4) is 0 Å². The lowest BCUT2D eigenvalue weighted by Crippen LogP contribution is -2.44. The standard InChI is InChI=1S/C24H39FN4O/c1-3-26-23(28-19-24(11-6-12-24)13-16-30-2)27-17-20-9-14-29(15-10-20)18-21-7-4-5-8-22(21)25/h4-5,7-8,20H,3,6,9-19H2,1-2H3,(H2,26,27,28). The summed E-state index contributed by atoms with van der Waals surface area (Å²) in [5.41, 5.74) is 1.14. The number of ether oxygens (including phenoxy) is 1. The van der Waals surface area contributed by atoms with Crippen molar-refractivity contribution in [3.05, 3.63) is 35.6 Å². The van der Waals surface area contributed by atoms with E-state index in [0.717, 1.165) is 70.1 Å². The van der Waals surface area contributed by atoms with Crippen molar-refractivity contribution in [2.75, 3.05) is 46.4 Å². The molecule has 5 nitrogen and oxygen atoms in total. The number of nitrogens with one attached hydrogen (secondary N) is 2. The summed E-state index contributed by atoms with van der Waals surface area (Å²) in [5.74, 6) is 1.48. The van der Waals surface area contributed by atoms with Crippen LogP contribution in [0.1, 0.15) is 51.0 Å². The smallest absolute Gasteiger partial charge is 0.191 e. The monoisotopic (exact) mass is 418 g/mol. The number of methoxy groups -OCH3 is 1. The molecule has 0 aromatic heterocycles. The predicted octanol–water partition coefficient (Wildman–Crippen LogP) is 3.80. The van der Waals surface area contributed by atoms with Crippen molar-refractivity contribution >= 4 is 5.96 Å². The van der Waals surface area contributed by atoms with Crippen LogP contribution in [0, 0.1) is 17.2 Å². The largest absolute Gasteiger partial charge is 0.385 e. The van der Waals surface area contributed by atoms with Gasteiger partial charge in [0.15, 0.2) is 5.96 Å². The lowest BCUT2D eigenvalue weighted by molar-refractivity contribution is 0.0778. The number of piperidine rings is 1. The normalized spacial score (nSPS) is 20.0. The number of aliphatic imine (C=N–C) groups is 1. The molecule has 2 N–H and O–H groups in total. The second-order valence-electron chi connectivity index (χ2n) is 8.98. The third-order valence-electron chi connectivity index (χ3n) is 6.78. The number of guanidine groups is 1. The van der Waals surface area contributed by atoms with Gasteiger partial charge in [0, 0.05) is 45.5 Å². The maximum absolute atomic E-state index is 13.9. The van der Waals surface area contributed by atoms with E-state index in [4.69, 9.17) is 9.73 Å². The van der Waals surface area contributed by atoms with Crippen LogP contribution in [0.25, 0.3) is 0 Å². The Kier molecular flexibility index (Phi) is 8.94. The molecule has 0 unspecified atom stereocenters. The Morgan fingerprint density at radius 2 is 2.00 bits per heavy atom. The van der Waals surface area contributed by atoms with Gasteiger partial charge in [-0.1, -0.05) is 24.6 Å². The van der Waals surface area contributed by atoms with E-state index in [-0.39, 0.29) is 5.82 Å². The van der Waals surface area contributed by atoms with Gasteiger partial charge in [-0.2, -0.15) is 0 Å². The van der Waals surface area contributed by atoms with Crippen molar-refractivity contribution in [1.82, 2.24) is 15.5 Å². The van der Waals surface area contributed by atoms with Crippen LogP contribution in [-0.4, -0.2) is 57.3 Å². The molecule has 1 saturated carbocycles. The summed E-state index contributed by atoms with van der Waals surface area (Å²) >= 11 is 0. The highest BCUT2D eigenvalue weighted by Crippen LogP contribution is 2.44. The zero-order valence-electron chi connectivity index (χ0n) is 18.8. The van der Waals surface area contributed by atoms with Gasteiger partial charge in [0.05, 0.1) is 0 Å². The van der Waals surface area contributed by atoms with Gasteiger partial charge in [0.2, 0.25) is 0 Å². The molecule has 3 rings (SSSR count). The molecular formula is C24H39FN4O. The number of likely N-dealkylation sites (tertiary alicyclic amines) is 1. The molecule has 1 aliphatic carbocycles. The fourth-order valence-corrected chi connectivity index (χ4v) is 4.53. The summed E-state index contributed by atoms with van der Waals surface area (Å²) in [7, 11) is 1.78. The number of rotatable bonds is 10. The van der Waals surface area contributed by atoms with Crippen molar-refractivity contribution < 1.29 is 9.13 Å². The van der Waals surface area contributed by atoms with Gasteiger partial charge in [-0.3, -0.25) is 9.89 Å². The summed E-state index contributed by atoms with van der Waals surface area (Å²) in [6.45, 7) is 8.39. The lowest BCUT2D eigenvalue weighted by atomic mass is 9.67. The van der Waals surface area contributed by atoms with E-state index in [1.807, 2.05) is 12.1 Å². The van der Waals surface area contributed by atoms with E-state index in [1.54, 1.807) is 19.2 Å². The van der Waals surface area contributed by atoms with Crippen LogP contribution in [-0.2, 0) is 11.3 Å². The molecule has 6 heteroatoms. The van der Waals surface area contributed by atoms with Gasteiger partial charge in [-0.05, 0) is 69.5 Å². The maximum atomic E-state index is 13.9. The zero-order valence-corrected chi connectivity index (χ0v) is 18.8. The Bertz CT molecular complexity index is 669. The zero-order chi connectivity index (χ0) is 21.2. The molecule has 30 heavy (non-hydrogen) atoms. The molecule has 0 radical (unpaired) electrons. The van der Waals surface area contributed by atoms with Crippen LogP contribution < -0.4 is 10.6 Å². The average molecular weight is 419 g/mol. The highest BCUT2D eigenvalue weighted by Gasteiger charge is 2.36.